The highest BCUT2D eigenvalue weighted by Gasteiger charge is 2.18. The summed E-state index contributed by atoms with van der Waals surface area (Å²) in [6.45, 7) is 0. The largest absolute Gasteiger partial charge is 0.508 e. The lowest BCUT2D eigenvalue weighted by Gasteiger charge is -1.98. The summed E-state index contributed by atoms with van der Waals surface area (Å²) in [4.78, 5) is 22.8. The molecule has 0 aliphatic heterocycles. The van der Waals surface area contributed by atoms with Crippen LogP contribution in [0.5, 0.6) is 5.75 Å². The predicted octanol–water partition coefficient (Wildman–Crippen LogP) is 3.93. The second kappa shape index (κ2) is 6.88. The number of nitro benzene ring substituents is 1. The molecule has 0 saturated heterocycles. The summed E-state index contributed by atoms with van der Waals surface area (Å²) in [5.41, 5.74) is 2.89. The third-order valence-corrected chi connectivity index (χ3v) is 4.94. The van der Waals surface area contributed by atoms with Crippen molar-refractivity contribution in [3.05, 3.63) is 68.0 Å². The molecule has 1 amide bonds. The number of non-ortho nitro benzene ring substituents is 1. The first-order valence-corrected chi connectivity index (χ1v) is 8.14. The minimum atomic E-state index is -0.523. The Bertz CT molecular complexity index is 1020. The molecule has 0 radical (unpaired) electrons. The van der Waals surface area contributed by atoms with Crippen LogP contribution in [-0.4, -0.2) is 22.2 Å². The molecule has 1 heterocycles. The van der Waals surface area contributed by atoms with Gasteiger partial charge in [0.15, 0.2) is 0 Å². The summed E-state index contributed by atoms with van der Waals surface area (Å²) in [5, 5.41) is 24.8. The minimum Gasteiger partial charge on any atom is -0.508 e. The standard InChI is InChI=1S/C16H10ClN3O4S/c17-14-12-5-4-10(20(23)24)7-13(12)25-15(14)16(22)19-18-8-9-2-1-3-11(21)6-9/h1-8,21H,(H,19,22). The van der Waals surface area contributed by atoms with Crippen molar-refractivity contribution >= 4 is 50.8 Å². The molecule has 2 aromatic carbocycles. The highest BCUT2D eigenvalue weighted by Crippen LogP contribution is 2.37. The smallest absolute Gasteiger partial charge is 0.283 e. The molecule has 2 N–H and O–H groups in total. The molecule has 0 spiro atoms. The second-order valence-corrected chi connectivity index (χ2v) is 6.41. The maximum atomic E-state index is 12.2. The average Bonchev–Trinajstić information content (AvgIpc) is 2.91. The third-order valence-electron chi connectivity index (χ3n) is 3.28. The van der Waals surface area contributed by atoms with Crippen LogP contribution in [0, 0.1) is 10.1 Å². The number of fused-ring (bicyclic) bond motifs is 1. The Morgan fingerprint density at radius 1 is 1.32 bits per heavy atom. The SMILES string of the molecule is O=C(NN=Cc1cccc(O)c1)c1sc2cc([N+](=O)[O-])ccc2c1Cl. The number of hydrazone groups is 1. The van der Waals surface area contributed by atoms with Gasteiger partial charge in [-0.25, -0.2) is 5.43 Å². The van der Waals surface area contributed by atoms with Gasteiger partial charge in [0.25, 0.3) is 11.6 Å². The molecule has 25 heavy (non-hydrogen) atoms. The van der Waals surface area contributed by atoms with Crippen LogP contribution in [0.2, 0.25) is 5.02 Å². The van der Waals surface area contributed by atoms with Crippen molar-refractivity contribution < 1.29 is 14.8 Å². The normalized spacial score (nSPS) is 11.1. The number of thiophene rings is 1. The van der Waals surface area contributed by atoms with Gasteiger partial charge in [-0.2, -0.15) is 5.10 Å². The number of nitro groups is 1. The summed E-state index contributed by atoms with van der Waals surface area (Å²) in [6, 6.07) is 10.6. The molecular weight excluding hydrogens is 366 g/mol. The lowest BCUT2D eigenvalue weighted by Crippen LogP contribution is -2.16. The molecule has 0 saturated carbocycles. The Kier molecular flexibility index (Phi) is 4.64. The number of amides is 1. The fourth-order valence-corrected chi connectivity index (χ4v) is 3.57. The number of hydrogen-bond donors (Lipinski definition) is 2. The number of carbonyl (C=O) groups is 1. The molecule has 3 rings (SSSR count). The zero-order chi connectivity index (χ0) is 18.0. The van der Waals surface area contributed by atoms with Crippen LogP contribution in [-0.2, 0) is 0 Å². The molecule has 0 unspecified atom stereocenters. The van der Waals surface area contributed by atoms with Crippen LogP contribution >= 0.6 is 22.9 Å². The van der Waals surface area contributed by atoms with Crippen molar-refractivity contribution in [2.24, 2.45) is 5.10 Å². The molecule has 0 atom stereocenters. The van der Waals surface area contributed by atoms with E-state index in [4.69, 9.17) is 11.6 Å². The van der Waals surface area contributed by atoms with E-state index in [1.54, 1.807) is 12.1 Å². The van der Waals surface area contributed by atoms with Crippen LogP contribution in [0.25, 0.3) is 10.1 Å². The summed E-state index contributed by atoms with van der Waals surface area (Å²) in [6.07, 6.45) is 1.38. The van der Waals surface area contributed by atoms with Crippen molar-refractivity contribution in [3.8, 4) is 5.75 Å². The van der Waals surface area contributed by atoms with Gasteiger partial charge in [0.05, 0.1) is 16.2 Å². The third kappa shape index (κ3) is 3.59. The average molecular weight is 376 g/mol. The fraction of sp³-hybridized carbons (Fsp3) is 0. The van der Waals surface area contributed by atoms with Crippen LogP contribution in [0.15, 0.2) is 47.6 Å². The van der Waals surface area contributed by atoms with Crippen molar-refractivity contribution in [1.29, 1.82) is 0 Å². The number of carbonyl (C=O) groups excluding carboxylic acids is 1. The van der Waals surface area contributed by atoms with E-state index < -0.39 is 10.8 Å². The highest BCUT2D eigenvalue weighted by molar-refractivity contribution is 7.21. The summed E-state index contributed by atoms with van der Waals surface area (Å²) >= 11 is 7.25. The Labute approximate surface area is 150 Å². The number of rotatable bonds is 4. The summed E-state index contributed by atoms with van der Waals surface area (Å²) in [7, 11) is 0. The highest BCUT2D eigenvalue weighted by atomic mass is 35.5. The molecule has 0 aliphatic rings. The van der Waals surface area contributed by atoms with Crippen LogP contribution in [0.1, 0.15) is 15.2 Å². The Hall–Kier alpha value is -2.97. The first-order valence-electron chi connectivity index (χ1n) is 6.94. The Morgan fingerprint density at radius 3 is 2.84 bits per heavy atom. The number of phenolic OH excluding ortho intramolecular Hbond substituents is 1. The van der Waals surface area contributed by atoms with E-state index in [-0.39, 0.29) is 21.3 Å². The van der Waals surface area contributed by atoms with Gasteiger partial charge in [-0.3, -0.25) is 14.9 Å². The number of nitrogens with one attached hydrogen (secondary N) is 1. The zero-order valence-corrected chi connectivity index (χ0v) is 14.0. The van der Waals surface area contributed by atoms with E-state index in [2.05, 4.69) is 10.5 Å². The first-order chi connectivity index (χ1) is 12.0. The van der Waals surface area contributed by atoms with Crippen molar-refractivity contribution in [3.63, 3.8) is 0 Å². The monoisotopic (exact) mass is 375 g/mol. The van der Waals surface area contributed by atoms with Crippen molar-refractivity contribution in [2.45, 2.75) is 0 Å². The van der Waals surface area contributed by atoms with E-state index in [0.717, 1.165) is 11.3 Å². The van der Waals surface area contributed by atoms with Gasteiger partial charge in [-0.1, -0.05) is 23.7 Å². The number of halogens is 1. The van der Waals surface area contributed by atoms with E-state index >= 15 is 0 Å². The van der Waals surface area contributed by atoms with E-state index in [1.807, 2.05) is 0 Å². The summed E-state index contributed by atoms with van der Waals surface area (Å²) < 4.78 is 0.543. The Balaban J connectivity index is 1.82. The topological polar surface area (TPSA) is 105 Å². The van der Waals surface area contributed by atoms with Gasteiger partial charge >= 0.3 is 0 Å². The quantitative estimate of drug-likeness (QED) is 0.409. The van der Waals surface area contributed by atoms with Gasteiger partial charge in [0.1, 0.15) is 10.6 Å². The maximum Gasteiger partial charge on any atom is 0.283 e. The lowest BCUT2D eigenvalue weighted by molar-refractivity contribution is -0.384. The van der Waals surface area contributed by atoms with E-state index in [1.165, 1.54) is 36.5 Å². The number of benzene rings is 2. The minimum absolute atomic E-state index is 0.0701. The predicted molar refractivity (Wildman–Crippen MR) is 96.7 cm³/mol. The molecule has 3 aromatic rings. The molecule has 0 fully saturated rings. The second-order valence-electron chi connectivity index (χ2n) is 4.98. The van der Waals surface area contributed by atoms with Gasteiger partial charge in [0.2, 0.25) is 0 Å². The van der Waals surface area contributed by atoms with Crippen molar-refractivity contribution in [1.82, 2.24) is 5.43 Å². The van der Waals surface area contributed by atoms with Crippen LogP contribution in [0.4, 0.5) is 5.69 Å². The first kappa shape index (κ1) is 16.9. The number of hydrogen-bond acceptors (Lipinski definition) is 6. The van der Waals surface area contributed by atoms with E-state index in [0.29, 0.717) is 15.6 Å². The molecule has 0 bridgehead atoms. The zero-order valence-electron chi connectivity index (χ0n) is 12.5. The van der Waals surface area contributed by atoms with Crippen molar-refractivity contribution in [2.75, 3.05) is 0 Å². The molecule has 126 valence electrons. The van der Waals surface area contributed by atoms with Crippen LogP contribution in [0.3, 0.4) is 0 Å². The number of phenols is 1. The van der Waals surface area contributed by atoms with Gasteiger partial charge in [0, 0.05) is 22.2 Å². The molecule has 0 aliphatic carbocycles. The maximum absolute atomic E-state index is 12.2. The van der Waals surface area contributed by atoms with E-state index in [9.17, 15) is 20.0 Å². The van der Waals surface area contributed by atoms with Gasteiger partial charge < -0.3 is 5.11 Å². The van der Waals surface area contributed by atoms with Crippen LogP contribution < -0.4 is 5.43 Å². The van der Waals surface area contributed by atoms with Gasteiger partial charge in [-0.15, -0.1) is 11.3 Å². The Morgan fingerprint density at radius 2 is 2.12 bits per heavy atom. The molecule has 7 nitrogen and oxygen atoms in total. The van der Waals surface area contributed by atoms with Gasteiger partial charge in [-0.05, 0) is 23.8 Å². The molecular formula is C16H10ClN3O4S. The fourth-order valence-electron chi connectivity index (χ4n) is 2.13. The summed E-state index contributed by atoms with van der Waals surface area (Å²) in [5.74, 6) is -0.435. The molecule has 1 aromatic heterocycles. The lowest BCUT2D eigenvalue weighted by atomic mass is 10.2. The molecule has 9 heteroatoms. The number of aromatic hydroxyl groups is 1. The number of nitrogens with zero attached hydrogens (tertiary/aromatic N) is 2.